The van der Waals surface area contributed by atoms with Crippen LogP contribution in [0.4, 0.5) is 36.3 Å². The normalized spacial score (nSPS) is 12.2. The molecule has 0 heterocycles. The van der Waals surface area contributed by atoms with Gasteiger partial charge in [-0.15, -0.1) is 0 Å². The molecule has 4 N–H and O–H groups in total. The van der Waals surface area contributed by atoms with E-state index in [-0.39, 0.29) is 56.9 Å². The molecule has 0 spiro atoms. The fourth-order valence-electron chi connectivity index (χ4n) is 7.67. The minimum Gasteiger partial charge on any atom is -0.489 e. The molecule has 0 unspecified atom stereocenters. The summed E-state index contributed by atoms with van der Waals surface area (Å²) in [5.41, 5.74) is 2.72. The van der Waals surface area contributed by atoms with E-state index in [0.717, 1.165) is 18.2 Å². The molecule has 0 fully saturated rings. The highest BCUT2D eigenvalue weighted by Gasteiger charge is 2.33. The van der Waals surface area contributed by atoms with Crippen molar-refractivity contribution in [1.82, 2.24) is 21.3 Å². The molecule has 0 aliphatic carbocycles. The number of amides is 4. The topological polar surface area (TPSA) is 206 Å². The lowest BCUT2D eigenvalue weighted by molar-refractivity contribution is -0.145. The third-order valence-corrected chi connectivity index (χ3v) is 11.5. The summed E-state index contributed by atoms with van der Waals surface area (Å²) in [6, 6.07) is 33.2. The number of esters is 2. The molecular weight excluding hydrogens is 1040 g/mol. The molecule has 6 aromatic rings. The summed E-state index contributed by atoms with van der Waals surface area (Å²) in [6.07, 6.45) is -3.38. The summed E-state index contributed by atoms with van der Waals surface area (Å²) in [5, 5.41) is 10.1. The smallest absolute Gasteiger partial charge is 0.408 e. The summed E-state index contributed by atoms with van der Waals surface area (Å²) in [5.74, 6) is -17.1. The maximum absolute atomic E-state index is 14.9. The SMILES string of the molecule is COC(=O)[C@H](Cc1cccc(-c2ccc(OCc3ccccc3)c(C[C@H](NC(=O)OCc3ccccc3)C(=O)Oc3c(F)c(F)c(F)c(F)c3F)c2)c1)NC(=O)[C@H](CCCNC(=O)OCc1ccccc1)NC(=O)OC(C)(C)C. The molecule has 0 aliphatic rings. The molecule has 0 saturated heterocycles. The Morgan fingerprint density at radius 2 is 1.04 bits per heavy atom. The van der Waals surface area contributed by atoms with Gasteiger partial charge in [0.05, 0.1) is 7.11 Å². The second-order valence-electron chi connectivity index (χ2n) is 18.7. The van der Waals surface area contributed by atoms with E-state index in [2.05, 4.69) is 21.3 Å². The second kappa shape index (κ2) is 28.4. The van der Waals surface area contributed by atoms with Crippen molar-refractivity contribution in [2.24, 2.45) is 0 Å². The molecule has 6 aromatic carbocycles. The van der Waals surface area contributed by atoms with Crippen molar-refractivity contribution in [3.8, 4) is 22.6 Å². The van der Waals surface area contributed by atoms with Crippen LogP contribution in [0.15, 0.2) is 133 Å². The molecule has 0 saturated carbocycles. The van der Waals surface area contributed by atoms with Gasteiger partial charge in [-0.2, -0.15) is 8.78 Å². The van der Waals surface area contributed by atoms with Crippen LogP contribution in [0, 0.1) is 29.1 Å². The first kappa shape index (κ1) is 59.2. The van der Waals surface area contributed by atoms with Crippen LogP contribution in [0.25, 0.3) is 11.1 Å². The van der Waals surface area contributed by atoms with Gasteiger partial charge in [-0.05, 0) is 84.7 Å². The van der Waals surface area contributed by atoms with Gasteiger partial charge in [-0.3, -0.25) is 4.79 Å². The van der Waals surface area contributed by atoms with Crippen LogP contribution < -0.4 is 30.7 Å². The minimum absolute atomic E-state index is 0.00953. The Labute approximate surface area is 451 Å². The highest BCUT2D eigenvalue weighted by molar-refractivity contribution is 5.90. The summed E-state index contributed by atoms with van der Waals surface area (Å²) in [4.78, 5) is 79.8. The first-order valence-electron chi connectivity index (χ1n) is 24.7. The van der Waals surface area contributed by atoms with E-state index < -0.39 is 101 Å². The third kappa shape index (κ3) is 18.0. The minimum atomic E-state index is -2.49. The van der Waals surface area contributed by atoms with Crippen molar-refractivity contribution in [3.63, 3.8) is 0 Å². The van der Waals surface area contributed by atoms with E-state index in [0.29, 0.717) is 22.3 Å². The Morgan fingerprint density at radius 1 is 0.519 bits per heavy atom. The van der Waals surface area contributed by atoms with E-state index in [4.69, 9.17) is 28.4 Å². The zero-order valence-electron chi connectivity index (χ0n) is 43.4. The van der Waals surface area contributed by atoms with Gasteiger partial charge in [0.25, 0.3) is 0 Å². The van der Waals surface area contributed by atoms with Crippen LogP contribution in [0.3, 0.4) is 0 Å². The second-order valence-corrected chi connectivity index (χ2v) is 18.7. The predicted molar refractivity (Wildman–Crippen MR) is 276 cm³/mol. The van der Waals surface area contributed by atoms with Crippen LogP contribution in [0.1, 0.15) is 61.4 Å². The van der Waals surface area contributed by atoms with E-state index >= 15 is 0 Å². The van der Waals surface area contributed by atoms with Crippen LogP contribution in [0.2, 0.25) is 0 Å². The number of carbonyl (C=O) groups excluding carboxylic acids is 6. The molecule has 0 aliphatic heterocycles. The lowest BCUT2D eigenvalue weighted by Gasteiger charge is -2.25. The van der Waals surface area contributed by atoms with Crippen molar-refractivity contribution < 1.29 is 79.1 Å². The molecule has 0 aromatic heterocycles. The molecule has 416 valence electrons. The number of alkyl carbamates (subject to hydrolysis) is 3. The maximum Gasteiger partial charge on any atom is 0.408 e. The summed E-state index contributed by atoms with van der Waals surface area (Å²) in [6.45, 7) is 4.70. The van der Waals surface area contributed by atoms with Gasteiger partial charge in [-0.25, -0.2) is 37.1 Å². The summed E-state index contributed by atoms with van der Waals surface area (Å²) < 4.78 is 104. The molecule has 0 bridgehead atoms. The van der Waals surface area contributed by atoms with Gasteiger partial charge in [0.2, 0.25) is 40.7 Å². The van der Waals surface area contributed by atoms with Crippen molar-refractivity contribution in [3.05, 3.63) is 190 Å². The Kier molecular flexibility index (Phi) is 21.3. The van der Waals surface area contributed by atoms with Gasteiger partial charge in [0.15, 0.2) is 0 Å². The lowest BCUT2D eigenvalue weighted by Crippen LogP contribution is -2.53. The number of methoxy groups -OCH3 is 1. The molecule has 16 nitrogen and oxygen atoms in total. The number of rotatable bonds is 23. The Bertz CT molecular complexity index is 3050. The van der Waals surface area contributed by atoms with Gasteiger partial charge in [-0.1, -0.05) is 121 Å². The third-order valence-electron chi connectivity index (χ3n) is 11.5. The quantitative estimate of drug-likeness (QED) is 0.00900. The van der Waals surface area contributed by atoms with Crippen molar-refractivity contribution in [2.45, 2.75) is 90.0 Å². The number of nitrogens with one attached hydrogen (secondary N) is 4. The summed E-state index contributed by atoms with van der Waals surface area (Å²) >= 11 is 0. The van der Waals surface area contributed by atoms with Gasteiger partial charge < -0.3 is 49.7 Å². The first-order chi connectivity index (χ1) is 37.8. The zero-order chi connectivity index (χ0) is 57.1. The zero-order valence-corrected chi connectivity index (χ0v) is 43.4. The first-order valence-corrected chi connectivity index (χ1v) is 24.7. The average molecular weight is 1100 g/mol. The largest absolute Gasteiger partial charge is 0.489 e. The molecule has 79 heavy (non-hydrogen) atoms. The van der Waals surface area contributed by atoms with E-state index in [1.54, 1.807) is 148 Å². The van der Waals surface area contributed by atoms with Gasteiger partial charge in [0, 0.05) is 19.4 Å². The average Bonchev–Trinajstić information content (AvgIpc) is 3.49. The number of halogens is 5. The van der Waals surface area contributed by atoms with Crippen LogP contribution in [-0.2, 0) is 66.0 Å². The monoisotopic (exact) mass is 1100 g/mol. The molecular formula is C58H57F5N4O12. The van der Waals surface area contributed by atoms with Crippen LogP contribution >= 0.6 is 0 Å². The molecule has 21 heteroatoms. The van der Waals surface area contributed by atoms with E-state index in [1.807, 2.05) is 6.07 Å². The van der Waals surface area contributed by atoms with Crippen molar-refractivity contribution >= 4 is 36.1 Å². The highest BCUT2D eigenvalue weighted by Crippen LogP contribution is 2.32. The summed E-state index contributed by atoms with van der Waals surface area (Å²) in [7, 11) is 1.13. The highest BCUT2D eigenvalue weighted by atomic mass is 19.2. The lowest BCUT2D eigenvalue weighted by atomic mass is 9.95. The Hall–Kier alpha value is -9.01. The standard InChI is InChI=1S/C58H57F5N4O12/c1-58(2,3)79-57(73)66-42(24-15-27-64-55(71)76-33-36-18-10-6-11-19-36)52(68)65-43(53(69)74-4)29-38-22-14-23-39(28-38)40-25-26-45(75-32-35-16-8-5-9-17-35)41(30-40)31-44(67-56(72)77-34-37-20-12-7-13-21-37)54(70)78-51-49(62)47(60)46(59)48(61)50(51)63/h5-14,16-23,25-26,28,30,42-44H,15,24,27,29,31-34H2,1-4H3,(H,64,71)(H,65,68)(H,66,73)(H,67,72)/t42-,43-,44-/m0/s1. The fourth-order valence-corrected chi connectivity index (χ4v) is 7.67. The number of carbonyl (C=O) groups is 6. The molecule has 6 rings (SSSR count). The van der Waals surface area contributed by atoms with E-state index in [9.17, 15) is 50.7 Å². The Morgan fingerprint density at radius 3 is 1.62 bits per heavy atom. The molecule has 0 radical (unpaired) electrons. The van der Waals surface area contributed by atoms with Crippen molar-refractivity contribution in [2.75, 3.05) is 13.7 Å². The molecule has 3 atom stereocenters. The molecule has 4 amide bonds. The van der Waals surface area contributed by atoms with Gasteiger partial charge in [0.1, 0.15) is 49.3 Å². The number of benzene rings is 6. The number of hydrogen-bond donors (Lipinski definition) is 4. The Balaban J connectivity index is 1.25. The fraction of sp³-hybridized carbons (Fsp3) is 0.276. The van der Waals surface area contributed by atoms with Crippen molar-refractivity contribution in [1.29, 1.82) is 0 Å². The number of hydrogen-bond acceptors (Lipinski definition) is 12. The van der Waals surface area contributed by atoms with E-state index in [1.165, 1.54) is 0 Å². The predicted octanol–water partition coefficient (Wildman–Crippen LogP) is 9.87. The van der Waals surface area contributed by atoms with Crippen LogP contribution in [-0.4, -0.2) is 73.5 Å². The van der Waals surface area contributed by atoms with Crippen LogP contribution in [0.5, 0.6) is 11.5 Å². The van der Waals surface area contributed by atoms with Gasteiger partial charge >= 0.3 is 30.2 Å². The number of ether oxygens (including phenoxy) is 6. The maximum atomic E-state index is 14.9.